The normalized spacial score (nSPS) is 13.1. The Hall–Kier alpha value is -5.93. The zero-order valence-electron chi connectivity index (χ0n) is 28.3. The van der Waals surface area contributed by atoms with Gasteiger partial charge in [-0.1, -0.05) is 91.7 Å². The van der Waals surface area contributed by atoms with E-state index in [1.54, 1.807) is 0 Å². The number of hydrogen-bond acceptors (Lipinski definition) is 2. The first-order valence-electron chi connectivity index (χ1n) is 17.0. The zero-order valence-corrected chi connectivity index (χ0v) is 28.3. The number of aryl methyl sites for hydroxylation is 2. The van der Waals surface area contributed by atoms with Crippen LogP contribution >= 0.6 is 0 Å². The van der Waals surface area contributed by atoms with E-state index < -0.39 is 0 Å². The van der Waals surface area contributed by atoms with Crippen LogP contribution in [0.5, 0.6) is 0 Å². The molecule has 0 saturated carbocycles. The summed E-state index contributed by atoms with van der Waals surface area (Å²) in [6.07, 6.45) is 1.86. The van der Waals surface area contributed by atoms with E-state index in [9.17, 15) is 0 Å². The Morgan fingerprint density at radius 3 is 1.92 bits per heavy atom. The van der Waals surface area contributed by atoms with Crippen molar-refractivity contribution in [1.82, 2.24) is 9.55 Å². The van der Waals surface area contributed by atoms with Crippen LogP contribution in [0.2, 0.25) is 0 Å². The maximum atomic E-state index is 4.67. The Morgan fingerprint density at radius 2 is 1.20 bits per heavy atom. The third-order valence-corrected chi connectivity index (χ3v) is 10.4. The number of benzene rings is 6. The summed E-state index contributed by atoms with van der Waals surface area (Å²) in [5.41, 5.74) is 16.8. The summed E-state index contributed by atoms with van der Waals surface area (Å²) in [6.45, 7) is 9.00. The molecule has 9 rings (SSSR count). The van der Waals surface area contributed by atoms with E-state index in [2.05, 4.69) is 176 Å². The molecule has 236 valence electrons. The van der Waals surface area contributed by atoms with E-state index in [1.165, 1.54) is 55.2 Å². The van der Waals surface area contributed by atoms with Crippen molar-refractivity contribution < 1.29 is 0 Å². The molecule has 8 aromatic rings. The summed E-state index contributed by atoms with van der Waals surface area (Å²) >= 11 is 0. The van der Waals surface area contributed by atoms with Gasteiger partial charge >= 0.3 is 0 Å². The molecule has 0 aliphatic heterocycles. The van der Waals surface area contributed by atoms with Gasteiger partial charge < -0.3 is 9.47 Å². The van der Waals surface area contributed by atoms with Crippen LogP contribution in [0, 0.1) is 13.8 Å². The number of aromatic nitrogens is 2. The first-order valence-corrected chi connectivity index (χ1v) is 17.0. The second-order valence-electron chi connectivity index (χ2n) is 13.9. The highest BCUT2D eigenvalue weighted by molar-refractivity contribution is 6.13. The Balaban J connectivity index is 1.33. The van der Waals surface area contributed by atoms with Crippen LogP contribution in [-0.4, -0.2) is 9.55 Å². The Bertz CT molecular complexity index is 2480. The largest absolute Gasteiger partial charge is 0.310 e. The van der Waals surface area contributed by atoms with Crippen LogP contribution in [0.1, 0.15) is 36.1 Å². The van der Waals surface area contributed by atoms with Crippen molar-refractivity contribution in [1.29, 1.82) is 0 Å². The molecule has 1 aliphatic carbocycles. The van der Waals surface area contributed by atoms with E-state index in [1.807, 2.05) is 18.3 Å². The van der Waals surface area contributed by atoms with Crippen molar-refractivity contribution in [3.05, 3.63) is 174 Å². The van der Waals surface area contributed by atoms with Gasteiger partial charge in [0.2, 0.25) is 0 Å². The smallest absolute Gasteiger partial charge is 0.0702 e. The molecule has 6 aromatic carbocycles. The number of fused-ring (bicyclic) bond motifs is 6. The fourth-order valence-electron chi connectivity index (χ4n) is 7.79. The molecule has 1 aliphatic rings. The van der Waals surface area contributed by atoms with Gasteiger partial charge in [0, 0.05) is 50.7 Å². The minimum atomic E-state index is -0.101. The summed E-state index contributed by atoms with van der Waals surface area (Å²) in [7, 11) is 0. The lowest BCUT2D eigenvalue weighted by Crippen LogP contribution is -2.14. The molecule has 0 bridgehead atoms. The molecule has 2 aromatic heterocycles. The van der Waals surface area contributed by atoms with Crippen molar-refractivity contribution in [2.75, 3.05) is 4.90 Å². The SMILES string of the molecule is Cc1ccc(N(c2ccc(C)cc2)c2ccc3c(c2)c2cc4c(cc2n3-c2cccc(-c3ccccn3)c2)C(C)(C)c2ccccc2-4)cc1. The second kappa shape index (κ2) is 11.1. The highest BCUT2D eigenvalue weighted by Gasteiger charge is 2.36. The number of anilines is 3. The maximum Gasteiger partial charge on any atom is 0.0702 e. The molecule has 0 atom stereocenters. The summed E-state index contributed by atoms with van der Waals surface area (Å²) in [6, 6.07) is 53.3. The van der Waals surface area contributed by atoms with Crippen LogP contribution in [-0.2, 0) is 5.41 Å². The average molecular weight is 632 g/mol. The van der Waals surface area contributed by atoms with Gasteiger partial charge in [-0.05, 0) is 115 Å². The van der Waals surface area contributed by atoms with Crippen molar-refractivity contribution in [2.24, 2.45) is 0 Å². The summed E-state index contributed by atoms with van der Waals surface area (Å²) < 4.78 is 2.45. The fraction of sp³-hybridized carbons (Fsp3) is 0.109. The summed E-state index contributed by atoms with van der Waals surface area (Å²) in [5.74, 6) is 0. The molecule has 0 fully saturated rings. The van der Waals surface area contributed by atoms with Gasteiger partial charge in [-0.3, -0.25) is 4.98 Å². The van der Waals surface area contributed by atoms with Gasteiger partial charge in [-0.2, -0.15) is 0 Å². The average Bonchev–Trinajstić information content (AvgIpc) is 3.57. The van der Waals surface area contributed by atoms with Crippen molar-refractivity contribution >= 4 is 38.9 Å². The van der Waals surface area contributed by atoms with Crippen LogP contribution in [0.25, 0.3) is 49.9 Å². The number of rotatable bonds is 5. The van der Waals surface area contributed by atoms with Crippen LogP contribution in [0.15, 0.2) is 152 Å². The molecule has 2 heterocycles. The summed E-state index contributed by atoms with van der Waals surface area (Å²) in [4.78, 5) is 7.04. The third kappa shape index (κ3) is 4.69. The van der Waals surface area contributed by atoms with Crippen LogP contribution < -0.4 is 4.90 Å². The molecule has 0 amide bonds. The van der Waals surface area contributed by atoms with E-state index in [-0.39, 0.29) is 5.41 Å². The molecule has 49 heavy (non-hydrogen) atoms. The highest BCUT2D eigenvalue weighted by Crippen LogP contribution is 2.51. The molecule has 3 heteroatoms. The van der Waals surface area contributed by atoms with Gasteiger partial charge in [0.05, 0.1) is 16.7 Å². The lowest BCUT2D eigenvalue weighted by atomic mass is 9.82. The molecular weight excluding hydrogens is 595 g/mol. The predicted molar refractivity (Wildman–Crippen MR) is 206 cm³/mol. The Kier molecular flexibility index (Phi) is 6.60. The molecule has 0 radical (unpaired) electrons. The van der Waals surface area contributed by atoms with Crippen LogP contribution in [0.4, 0.5) is 17.1 Å². The molecule has 0 saturated heterocycles. The fourth-order valence-corrected chi connectivity index (χ4v) is 7.79. The first-order chi connectivity index (χ1) is 23.9. The molecule has 0 unspecified atom stereocenters. The van der Waals surface area contributed by atoms with E-state index in [0.717, 1.165) is 34.0 Å². The molecule has 0 spiro atoms. The number of pyridine rings is 1. The van der Waals surface area contributed by atoms with Gasteiger partial charge in [-0.15, -0.1) is 0 Å². The quantitative estimate of drug-likeness (QED) is 0.188. The monoisotopic (exact) mass is 631 g/mol. The minimum Gasteiger partial charge on any atom is -0.310 e. The number of hydrogen-bond donors (Lipinski definition) is 0. The molecular formula is C46H37N3. The van der Waals surface area contributed by atoms with Gasteiger partial charge in [-0.25, -0.2) is 0 Å². The minimum absolute atomic E-state index is 0.101. The molecule has 0 N–H and O–H groups in total. The highest BCUT2D eigenvalue weighted by atomic mass is 15.1. The van der Waals surface area contributed by atoms with Crippen molar-refractivity contribution in [3.8, 4) is 28.1 Å². The third-order valence-electron chi connectivity index (χ3n) is 10.4. The lowest BCUT2D eigenvalue weighted by Gasteiger charge is -2.26. The standard InChI is InChI=1S/C46H37N3/c1-30-15-19-33(20-16-30)48(34-21-17-31(2)18-22-34)36-23-24-44-39(27-36)40-28-38-37-12-5-6-13-41(37)46(3,4)42(38)29-45(40)49(44)35-11-9-10-32(26-35)43-14-7-8-25-47-43/h5-29H,1-4H3. The van der Waals surface area contributed by atoms with Crippen LogP contribution in [0.3, 0.4) is 0 Å². The zero-order chi connectivity index (χ0) is 33.3. The lowest BCUT2D eigenvalue weighted by molar-refractivity contribution is 0.661. The Morgan fingerprint density at radius 1 is 0.531 bits per heavy atom. The first kappa shape index (κ1) is 29.2. The van der Waals surface area contributed by atoms with E-state index in [4.69, 9.17) is 0 Å². The predicted octanol–water partition coefficient (Wildman–Crippen LogP) is 12.2. The second-order valence-corrected chi connectivity index (χ2v) is 13.9. The van der Waals surface area contributed by atoms with Gasteiger partial charge in [0.25, 0.3) is 0 Å². The number of nitrogens with zero attached hydrogens (tertiary/aromatic N) is 3. The summed E-state index contributed by atoms with van der Waals surface area (Å²) in [5, 5.41) is 2.48. The van der Waals surface area contributed by atoms with Gasteiger partial charge in [0.1, 0.15) is 0 Å². The van der Waals surface area contributed by atoms with Crippen molar-refractivity contribution in [2.45, 2.75) is 33.1 Å². The molecule has 3 nitrogen and oxygen atoms in total. The Labute approximate surface area is 287 Å². The van der Waals surface area contributed by atoms with Gasteiger partial charge in [0.15, 0.2) is 0 Å². The van der Waals surface area contributed by atoms with Crippen molar-refractivity contribution in [3.63, 3.8) is 0 Å². The van der Waals surface area contributed by atoms with E-state index >= 15 is 0 Å². The maximum absolute atomic E-state index is 4.67. The van der Waals surface area contributed by atoms with E-state index in [0.29, 0.717) is 0 Å². The topological polar surface area (TPSA) is 21.1 Å².